The highest BCUT2D eigenvalue weighted by Crippen LogP contribution is 2.17. The summed E-state index contributed by atoms with van der Waals surface area (Å²) in [5, 5.41) is 6.23. The van der Waals surface area contributed by atoms with E-state index in [9.17, 15) is 14.4 Å². The van der Waals surface area contributed by atoms with E-state index in [0.717, 1.165) is 6.42 Å². The molecule has 180 valence electrons. The van der Waals surface area contributed by atoms with Gasteiger partial charge in [-0.05, 0) is 72.6 Å². The number of anilines is 1. The standard InChI is InChI=1S/C26H25N3O6/c1-3-15-34-21-13-9-19(10-14-21)26(32)35-22-11-7-18(8-12-22)17-27-29-25(31)24(30)28-20-5-4-6-23(16-20)33-2/h4-14,16-17H,3,15H2,1-2H3,(H,28,30)(H,29,31). The fourth-order valence-electron chi connectivity index (χ4n) is 2.80. The van der Waals surface area contributed by atoms with E-state index < -0.39 is 17.8 Å². The monoisotopic (exact) mass is 475 g/mol. The van der Waals surface area contributed by atoms with E-state index in [0.29, 0.717) is 40.7 Å². The van der Waals surface area contributed by atoms with E-state index in [4.69, 9.17) is 14.2 Å². The molecule has 3 aromatic rings. The van der Waals surface area contributed by atoms with Gasteiger partial charge in [-0.25, -0.2) is 10.2 Å². The summed E-state index contributed by atoms with van der Waals surface area (Å²) >= 11 is 0. The number of nitrogens with zero attached hydrogens (tertiary/aromatic N) is 1. The Morgan fingerprint density at radius 2 is 1.60 bits per heavy atom. The first-order chi connectivity index (χ1) is 17.0. The van der Waals surface area contributed by atoms with Gasteiger partial charge >= 0.3 is 17.8 Å². The van der Waals surface area contributed by atoms with Gasteiger partial charge in [0, 0.05) is 11.8 Å². The summed E-state index contributed by atoms with van der Waals surface area (Å²) in [5.41, 5.74) is 3.59. The minimum absolute atomic E-state index is 0.347. The molecule has 2 N–H and O–H groups in total. The molecule has 9 nitrogen and oxygen atoms in total. The number of amides is 2. The first kappa shape index (κ1) is 25.0. The predicted molar refractivity (Wildman–Crippen MR) is 131 cm³/mol. The molecule has 0 heterocycles. The number of hydrogen-bond donors (Lipinski definition) is 2. The van der Waals surface area contributed by atoms with Gasteiger partial charge in [0.1, 0.15) is 17.2 Å². The molecule has 0 aliphatic heterocycles. The van der Waals surface area contributed by atoms with E-state index in [2.05, 4.69) is 15.8 Å². The third kappa shape index (κ3) is 7.71. The lowest BCUT2D eigenvalue weighted by Crippen LogP contribution is -2.32. The van der Waals surface area contributed by atoms with Crippen molar-refractivity contribution in [2.45, 2.75) is 13.3 Å². The average Bonchev–Trinajstić information content (AvgIpc) is 2.88. The van der Waals surface area contributed by atoms with E-state index in [1.807, 2.05) is 6.92 Å². The van der Waals surface area contributed by atoms with Crippen LogP contribution in [0.2, 0.25) is 0 Å². The molecule has 2 amide bonds. The number of carbonyl (C=O) groups is 3. The average molecular weight is 476 g/mol. The number of carbonyl (C=O) groups excluding carboxylic acids is 3. The molecule has 35 heavy (non-hydrogen) atoms. The van der Waals surface area contributed by atoms with Crippen molar-refractivity contribution in [3.63, 3.8) is 0 Å². The molecule has 0 saturated carbocycles. The molecule has 3 rings (SSSR count). The first-order valence-corrected chi connectivity index (χ1v) is 10.8. The maximum absolute atomic E-state index is 12.3. The topological polar surface area (TPSA) is 115 Å². The van der Waals surface area contributed by atoms with Crippen LogP contribution in [-0.4, -0.2) is 37.7 Å². The normalized spacial score (nSPS) is 10.5. The fraction of sp³-hybridized carbons (Fsp3) is 0.154. The van der Waals surface area contributed by atoms with Gasteiger partial charge in [0.2, 0.25) is 0 Å². The molecule has 0 aliphatic rings. The van der Waals surface area contributed by atoms with Crippen LogP contribution in [0.4, 0.5) is 5.69 Å². The summed E-state index contributed by atoms with van der Waals surface area (Å²) in [4.78, 5) is 36.3. The molecule has 3 aromatic carbocycles. The van der Waals surface area contributed by atoms with Crippen LogP contribution in [0, 0.1) is 0 Å². The van der Waals surface area contributed by atoms with Gasteiger partial charge in [-0.1, -0.05) is 13.0 Å². The van der Waals surface area contributed by atoms with Crippen molar-refractivity contribution in [1.29, 1.82) is 0 Å². The van der Waals surface area contributed by atoms with Crippen molar-refractivity contribution in [2.75, 3.05) is 19.0 Å². The smallest absolute Gasteiger partial charge is 0.343 e. The molecule has 0 aliphatic carbocycles. The number of esters is 1. The van der Waals surface area contributed by atoms with Crippen LogP contribution in [0.25, 0.3) is 0 Å². The Balaban J connectivity index is 1.48. The molecule has 0 aromatic heterocycles. The highest BCUT2D eigenvalue weighted by Gasteiger charge is 2.13. The number of benzene rings is 3. The zero-order valence-corrected chi connectivity index (χ0v) is 19.3. The Hall–Kier alpha value is -4.66. The van der Waals surface area contributed by atoms with Gasteiger partial charge in [0.15, 0.2) is 0 Å². The van der Waals surface area contributed by atoms with Crippen molar-refractivity contribution in [2.24, 2.45) is 5.10 Å². The van der Waals surface area contributed by atoms with Gasteiger partial charge in [0.05, 0.1) is 25.5 Å². The van der Waals surface area contributed by atoms with Crippen molar-refractivity contribution in [3.05, 3.63) is 83.9 Å². The molecular weight excluding hydrogens is 450 g/mol. The van der Waals surface area contributed by atoms with Gasteiger partial charge in [0.25, 0.3) is 0 Å². The minimum atomic E-state index is -0.930. The predicted octanol–water partition coefficient (Wildman–Crippen LogP) is 3.79. The second-order valence-electron chi connectivity index (χ2n) is 7.22. The quantitative estimate of drug-likeness (QED) is 0.160. The maximum Gasteiger partial charge on any atom is 0.343 e. The van der Waals surface area contributed by atoms with Crippen LogP contribution in [0.1, 0.15) is 29.3 Å². The summed E-state index contributed by atoms with van der Waals surface area (Å²) in [6.07, 6.45) is 2.26. The van der Waals surface area contributed by atoms with E-state index >= 15 is 0 Å². The molecule has 0 radical (unpaired) electrons. The molecular formula is C26H25N3O6. The third-order valence-corrected chi connectivity index (χ3v) is 4.57. The summed E-state index contributed by atoms with van der Waals surface area (Å²) in [6.45, 7) is 2.63. The minimum Gasteiger partial charge on any atom is -0.497 e. The number of hydrazone groups is 1. The van der Waals surface area contributed by atoms with Crippen LogP contribution >= 0.6 is 0 Å². The molecule has 9 heteroatoms. The van der Waals surface area contributed by atoms with Gasteiger partial charge in [-0.3, -0.25) is 9.59 Å². The largest absolute Gasteiger partial charge is 0.497 e. The number of methoxy groups -OCH3 is 1. The van der Waals surface area contributed by atoms with E-state index in [-0.39, 0.29) is 0 Å². The Morgan fingerprint density at radius 3 is 2.29 bits per heavy atom. The number of hydrogen-bond acceptors (Lipinski definition) is 7. The molecule has 0 bridgehead atoms. The van der Waals surface area contributed by atoms with Crippen LogP contribution in [0.3, 0.4) is 0 Å². The summed E-state index contributed by atoms with van der Waals surface area (Å²) in [5.74, 6) is -0.714. The Labute approximate surface area is 202 Å². The maximum atomic E-state index is 12.3. The molecule has 0 atom stereocenters. The zero-order chi connectivity index (χ0) is 25.0. The Kier molecular flexibility index (Phi) is 8.95. The fourth-order valence-corrected chi connectivity index (χ4v) is 2.80. The number of ether oxygens (including phenoxy) is 3. The second-order valence-corrected chi connectivity index (χ2v) is 7.22. The number of nitrogens with one attached hydrogen (secondary N) is 2. The lowest BCUT2D eigenvalue weighted by molar-refractivity contribution is -0.136. The van der Waals surface area contributed by atoms with Crippen LogP contribution in [0.15, 0.2) is 77.9 Å². The van der Waals surface area contributed by atoms with E-state index in [1.54, 1.807) is 72.8 Å². The molecule has 0 spiro atoms. The van der Waals surface area contributed by atoms with Gasteiger partial charge in [-0.2, -0.15) is 5.10 Å². The zero-order valence-electron chi connectivity index (χ0n) is 19.3. The molecule has 0 saturated heterocycles. The van der Waals surface area contributed by atoms with Gasteiger partial charge < -0.3 is 19.5 Å². The SMILES string of the molecule is CCCOc1ccc(C(=O)Oc2ccc(C=NNC(=O)C(=O)Nc3cccc(OC)c3)cc2)cc1. The molecule has 0 unspecified atom stereocenters. The van der Waals surface area contributed by atoms with Crippen molar-refractivity contribution in [1.82, 2.24) is 5.43 Å². The van der Waals surface area contributed by atoms with Crippen LogP contribution in [-0.2, 0) is 9.59 Å². The second kappa shape index (κ2) is 12.5. The first-order valence-electron chi connectivity index (χ1n) is 10.8. The summed E-state index contributed by atoms with van der Waals surface area (Å²) < 4.78 is 15.9. The molecule has 0 fully saturated rings. The van der Waals surface area contributed by atoms with Crippen LogP contribution < -0.4 is 25.0 Å². The van der Waals surface area contributed by atoms with E-state index in [1.165, 1.54) is 13.3 Å². The summed E-state index contributed by atoms with van der Waals surface area (Å²) in [6, 6.07) is 19.8. The number of rotatable bonds is 9. The lowest BCUT2D eigenvalue weighted by Gasteiger charge is -2.07. The highest BCUT2D eigenvalue weighted by atomic mass is 16.5. The van der Waals surface area contributed by atoms with Crippen LogP contribution in [0.5, 0.6) is 17.2 Å². The Bertz CT molecular complexity index is 1190. The van der Waals surface area contributed by atoms with Crippen molar-refractivity contribution >= 4 is 29.7 Å². The lowest BCUT2D eigenvalue weighted by atomic mass is 10.2. The van der Waals surface area contributed by atoms with Gasteiger partial charge in [-0.15, -0.1) is 0 Å². The third-order valence-electron chi connectivity index (χ3n) is 4.57. The Morgan fingerprint density at radius 1 is 0.886 bits per heavy atom. The van der Waals surface area contributed by atoms with Crippen molar-refractivity contribution < 1.29 is 28.6 Å². The highest BCUT2D eigenvalue weighted by molar-refractivity contribution is 6.39. The van der Waals surface area contributed by atoms with Crippen molar-refractivity contribution in [3.8, 4) is 17.2 Å². The summed E-state index contributed by atoms with van der Waals surface area (Å²) in [7, 11) is 1.50.